The minimum Gasteiger partial charge on any atom is -0.465 e. The highest BCUT2D eigenvalue weighted by Gasteiger charge is 2.42. The number of carbonyl (C=O) groups is 2. The van der Waals surface area contributed by atoms with Crippen LogP contribution in [0.25, 0.3) is 0 Å². The number of carbonyl (C=O) groups excluding carboxylic acids is 1. The van der Waals surface area contributed by atoms with E-state index in [2.05, 4.69) is 19.8 Å². The molecule has 1 aromatic heterocycles. The normalized spacial score (nSPS) is 16.8. The Morgan fingerprint density at radius 3 is 2.82 bits per heavy atom. The molecular weight excluding hydrogens is 243 g/mol. The largest absolute Gasteiger partial charge is 0.465 e. The SMILES string of the molecule is CC1(C)c2c(c(NC(=O)O)nn2P)CN1C=O. The summed E-state index contributed by atoms with van der Waals surface area (Å²) >= 11 is 0. The fraction of sp³-hybridized carbons (Fsp3) is 0.444. The van der Waals surface area contributed by atoms with Crippen LogP contribution in [0.15, 0.2) is 0 Å². The number of fused-ring (bicyclic) bond motifs is 1. The van der Waals surface area contributed by atoms with E-state index >= 15 is 0 Å². The van der Waals surface area contributed by atoms with Crippen LogP contribution in [0.5, 0.6) is 0 Å². The lowest BCUT2D eigenvalue weighted by atomic mass is 10.0. The monoisotopic (exact) mass is 256 g/mol. The van der Waals surface area contributed by atoms with Crippen LogP contribution in [0.4, 0.5) is 10.6 Å². The van der Waals surface area contributed by atoms with E-state index < -0.39 is 11.6 Å². The molecule has 92 valence electrons. The zero-order valence-corrected chi connectivity index (χ0v) is 10.6. The Hall–Kier alpha value is -1.62. The van der Waals surface area contributed by atoms with Gasteiger partial charge in [-0.2, -0.15) is 5.10 Å². The smallest absolute Gasteiger partial charge is 0.410 e. The quantitative estimate of drug-likeness (QED) is 0.605. The summed E-state index contributed by atoms with van der Waals surface area (Å²) in [5.41, 5.74) is 1.06. The number of anilines is 1. The molecule has 0 aromatic carbocycles. The highest BCUT2D eigenvalue weighted by Crippen LogP contribution is 2.41. The van der Waals surface area contributed by atoms with Crippen LogP contribution >= 0.6 is 9.39 Å². The number of hydrogen-bond acceptors (Lipinski definition) is 3. The van der Waals surface area contributed by atoms with Crippen molar-refractivity contribution in [2.45, 2.75) is 25.9 Å². The molecule has 17 heavy (non-hydrogen) atoms. The summed E-state index contributed by atoms with van der Waals surface area (Å²) in [6.45, 7) is 4.13. The van der Waals surface area contributed by atoms with E-state index in [0.717, 1.165) is 17.7 Å². The summed E-state index contributed by atoms with van der Waals surface area (Å²) in [5.74, 6) is 0.278. The molecule has 2 N–H and O–H groups in total. The summed E-state index contributed by atoms with van der Waals surface area (Å²) < 4.78 is 1.53. The number of amides is 2. The Labute approximate surface area is 100 Å². The van der Waals surface area contributed by atoms with Crippen molar-refractivity contribution in [3.05, 3.63) is 11.3 Å². The fourth-order valence-electron chi connectivity index (χ4n) is 2.14. The first-order chi connectivity index (χ1) is 7.87. The van der Waals surface area contributed by atoms with Crippen LogP contribution in [-0.4, -0.2) is 32.1 Å². The number of nitrogens with zero attached hydrogens (tertiary/aromatic N) is 3. The van der Waals surface area contributed by atoms with E-state index in [9.17, 15) is 9.59 Å². The first-order valence-electron chi connectivity index (χ1n) is 4.97. The molecule has 1 unspecified atom stereocenters. The van der Waals surface area contributed by atoms with Gasteiger partial charge in [0.05, 0.1) is 17.8 Å². The lowest BCUT2D eigenvalue weighted by Gasteiger charge is -2.28. The minimum absolute atomic E-state index is 0.278. The van der Waals surface area contributed by atoms with Crippen LogP contribution in [0.3, 0.4) is 0 Å². The van der Waals surface area contributed by atoms with Crippen LogP contribution in [0, 0.1) is 0 Å². The van der Waals surface area contributed by atoms with Gasteiger partial charge in [-0.15, -0.1) is 0 Å². The van der Waals surface area contributed by atoms with Crippen LogP contribution in [0.1, 0.15) is 25.1 Å². The van der Waals surface area contributed by atoms with E-state index in [1.54, 1.807) is 4.90 Å². The van der Waals surface area contributed by atoms with Crippen molar-refractivity contribution in [1.82, 2.24) is 14.5 Å². The molecule has 1 aromatic rings. The molecular formula is C9H13N4O3P. The van der Waals surface area contributed by atoms with Gasteiger partial charge in [0, 0.05) is 5.56 Å². The van der Waals surface area contributed by atoms with Crippen molar-refractivity contribution in [3.63, 3.8) is 0 Å². The molecule has 0 saturated carbocycles. The third-order valence-electron chi connectivity index (χ3n) is 2.99. The Morgan fingerprint density at radius 2 is 2.29 bits per heavy atom. The average molecular weight is 256 g/mol. The Balaban J connectivity index is 2.50. The van der Waals surface area contributed by atoms with E-state index in [0.29, 0.717) is 6.54 Å². The molecule has 0 bridgehead atoms. The van der Waals surface area contributed by atoms with Gasteiger partial charge in [-0.3, -0.25) is 14.6 Å². The van der Waals surface area contributed by atoms with Crippen LogP contribution < -0.4 is 5.32 Å². The summed E-state index contributed by atoms with van der Waals surface area (Å²) in [4.78, 5) is 23.2. The Kier molecular flexibility index (Phi) is 2.58. The van der Waals surface area contributed by atoms with Crippen LogP contribution in [-0.2, 0) is 16.9 Å². The summed E-state index contributed by atoms with van der Waals surface area (Å²) in [7, 11) is 2.40. The molecule has 0 fully saturated rings. The molecule has 0 aliphatic carbocycles. The Morgan fingerprint density at radius 1 is 1.65 bits per heavy atom. The maximum atomic E-state index is 11.0. The molecule has 1 atom stereocenters. The van der Waals surface area contributed by atoms with Gasteiger partial charge in [0.15, 0.2) is 5.82 Å². The summed E-state index contributed by atoms with van der Waals surface area (Å²) in [6.07, 6.45) is -0.409. The van der Waals surface area contributed by atoms with E-state index in [4.69, 9.17) is 5.11 Å². The van der Waals surface area contributed by atoms with Crippen molar-refractivity contribution in [2.24, 2.45) is 0 Å². The van der Waals surface area contributed by atoms with Gasteiger partial charge < -0.3 is 10.0 Å². The van der Waals surface area contributed by atoms with E-state index in [1.165, 1.54) is 4.45 Å². The van der Waals surface area contributed by atoms with Gasteiger partial charge >= 0.3 is 6.09 Å². The molecule has 2 amide bonds. The van der Waals surface area contributed by atoms with Gasteiger partial charge in [-0.25, -0.2) is 4.79 Å². The molecule has 1 aliphatic rings. The standard InChI is InChI=1S/C9H13N4O3P/c1-9(2)6-5(3-12(9)4-14)7(10-8(15)16)11-13(6)17/h4H,3,17H2,1-2H3,(H,10,11)(H,15,16). The highest BCUT2D eigenvalue weighted by atomic mass is 31.0. The predicted molar refractivity (Wildman–Crippen MR) is 63.6 cm³/mol. The third-order valence-corrected chi connectivity index (χ3v) is 3.36. The zero-order valence-electron chi connectivity index (χ0n) is 9.47. The van der Waals surface area contributed by atoms with Crippen molar-refractivity contribution >= 4 is 27.7 Å². The highest BCUT2D eigenvalue weighted by molar-refractivity contribution is 7.14. The molecule has 8 heteroatoms. The molecule has 0 saturated heterocycles. The van der Waals surface area contributed by atoms with E-state index in [1.807, 2.05) is 13.8 Å². The topological polar surface area (TPSA) is 87.5 Å². The molecule has 2 rings (SSSR count). The van der Waals surface area contributed by atoms with Crippen molar-refractivity contribution in [1.29, 1.82) is 0 Å². The van der Waals surface area contributed by atoms with Gasteiger partial charge in [-0.1, -0.05) is 0 Å². The minimum atomic E-state index is -1.17. The van der Waals surface area contributed by atoms with Crippen molar-refractivity contribution < 1.29 is 14.7 Å². The number of rotatable bonds is 2. The Bertz CT molecular complexity index is 497. The first-order valence-corrected chi connectivity index (χ1v) is 5.49. The van der Waals surface area contributed by atoms with Gasteiger partial charge in [0.25, 0.3) is 0 Å². The summed E-state index contributed by atoms with van der Waals surface area (Å²) in [5, 5.41) is 15.0. The second-order valence-electron chi connectivity index (χ2n) is 4.34. The fourth-order valence-corrected chi connectivity index (χ4v) is 2.73. The molecule has 7 nitrogen and oxygen atoms in total. The first kappa shape index (κ1) is 11.9. The van der Waals surface area contributed by atoms with Crippen molar-refractivity contribution in [2.75, 3.05) is 5.32 Å². The average Bonchev–Trinajstić information content (AvgIpc) is 2.63. The van der Waals surface area contributed by atoms with Gasteiger partial charge in [0.1, 0.15) is 0 Å². The maximum Gasteiger partial charge on any atom is 0.410 e. The predicted octanol–water partition coefficient (Wildman–Crippen LogP) is 0.818. The number of hydrogen-bond donors (Lipinski definition) is 2. The molecule has 2 heterocycles. The second kappa shape index (κ2) is 3.70. The van der Waals surface area contributed by atoms with Gasteiger partial charge in [-0.05, 0) is 23.2 Å². The number of aromatic nitrogens is 2. The van der Waals surface area contributed by atoms with E-state index in [-0.39, 0.29) is 5.82 Å². The molecule has 1 aliphatic heterocycles. The lowest BCUT2D eigenvalue weighted by Crippen LogP contribution is -2.35. The van der Waals surface area contributed by atoms with Crippen LogP contribution in [0.2, 0.25) is 0 Å². The molecule has 0 spiro atoms. The van der Waals surface area contributed by atoms with Gasteiger partial charge in [0.2, 0.25) is 6.41 Å². The third kappa shape index (κ3) is 1.67. The zero-order chi connectivity index (χ0) is 12.8. The lowest BCUT2D eigenvalue weighted by molar-refractivity contribution is -0.122. The maximum absolute atomic E-state index is 11.0. The second-order valence-corrected chi connectivity index (χ2v) is 4.83. The number of nitrogens with one attached hydrogen (secondary N) is 1. The molecule has 0 radical (unpaired) electrons. The van der Waals surface area contributed by atoms with Crippen molar-refractivity contribution in [3.8, 4) is 0 Å². The number of carboxylic acid groups (broad SMARTS) is 1. The summed E-state index contributed by atoms with van der Waals surface area (Å²) in [6, 6.07) is 0.